The predicted molar refractivity (Wildman–Crippen MR) is 212 cm³/mol. The standard InChI is InChI=1S/C15H15N3O4.C15H16N2O2.C12H11N/c1-4-9-5-6-12(18(21)22)14-13(9)10(8(2)17(14)3)7-11(16)15(19)20;1-4-10-6-5-7-13-14(10)11(9(2)17(13)3)8-12(16)15(18)19;1-4-10-6-5-7-12-11(10)8-9(2)13(12)3/h1,5-6,11H,7,16H2,2-3H3,(H,19,20);1,5-7,12H,8,16H2,2-3H3,(H,18,19);1,5-8H,2-3H3. The van der Waals surface area contributed by atoms with Crippen LogP contribution < -0.4 is 11.5 Å². The van der Waals surface area contributed by atoms with Crippen LogP contribution in [0.4, 0.5) is 5.69 Å². The highest BCUT2D eigenvalue weighted by atomic mass is 16.6. The van der Waals surface area contributed by atoms with E-state index < -0.39 is 28.9 Å². The first-order chi connectivity index (χ1) is 25.5. The number of carboxylic acids is 2. The van der Waals surface area contributed by atoms with Gasteiger partial charge in [-0.2, -0.15) is 0 Å². The van der Waals surface area contributed by atoms with Gasteiger partial charge in [0.25, 0.3) is 5.69 Å². The monoisotopic (exact) mass is 726 g/mol. The van der Waals surface area contributed by atoms with Crippen LogP contribution in [0.1, 0.15) is 44.9 Å². The Labute approximate surface area is 313 Å². The molecule has 12 nitrogen and oxygen atoms in total. The van der Waals surface area contributed by atoms with Crippen molar-refractivity contribution < 1.29 is 24.7 Å². The van der Waals surface area contributed by atoms with Gasteiger partial charge in [-0.25, -0.2) is 0 Å². The lowest BCUT2D eigenvalue weighted by Crippen LogP contribution is -2.32. The van der Waals surface area contributed by atoms with Crippen molar-refractivity contribution in [2.45, 2.75) is 45.7 Å². The van der Waals surface area contributed by atoms with E-state index in [0.717, 1.165) is 33.3 Å². The third-order valence-corrected chi connectivity index (χ3v) is 9.85. The third kappa shape index (κ3) is 7.55. The van der Waals surface area contributed by atoms with Gasteiger partial charge in [0.15, 0.2) is 0 Å². The molecule has 54 heavy (non-hydrogen) atoms. The van der Waals surface area contributed by atoms with Crippen LogP contribution in [0.3, 0.4) is 0 Å². The Bertz CT molecular complexity index is 2580. The number of rotatable bonds is 7. The zero-order chi connectivity index (χ0) is 40.2. The number of non-ortho nitro benzene ring substituents is 1. The highest BCUT2D eigenvalue weighted by molar-refractivity contribution is 5.97. The number of fused-ring (bicyclic) bond motifs is 3. The van der Waals surface area contributed by atoms with E-state index in [9.17, 15) is 19.7 Å². The minimum atomic E-state index is -1.14. The number of terminal acetylenes is 3. The minimum Gasteiger partial charge on any atom is -0.480 e. The summed E-state index contributed by atoms with van der Waals surface area (Å²) in [6, 6.07) is 14.7. The Hall–Kier alpha value is -6.78. The summed E-state index contributed by atoms with van der Waals surface area (Å²) in [5.74, 6) is 5.70. The van der Waals surface area contributed by atoms with Crippen LogP contribution in [0.5, 0.6) is 0 Å². The number of nitro benzene ring substituents is 1. The summed E-state index contributed by atoms with van der Waals surface area (Å²) >= 11 is 0. The molecule has 2 unspecified atom stereocenters. The summed E-state index contributed by atoms with van der Waals surface area (Å²) in [4.78, 5) is 32.7. The van der Waals surface area contributed by atoms with Crippen LogP contribution in [-0.4, -0.2) is 52.9 Å². The summed E-state index contributed by atoms with van der Waals surface area (Å²) in [7, 11) is 5.67. The minimum absolute atomic E-state index is 0.0500. The number of carbonyl (C=O) groups is 2. The zero-order valence-electron chi connectivity index (χ0n) is 31.0. The second-order valence-corrected chi connectivity index (χ2v) is 12.9. The predicted octanol–water partition coefficient (Wildman–Crippen LogP) is 5.22. The Kier molecular flexibility index (Phi) is 12.1. The van der Waals surface area contributed by atoms with Crippen molar-refractivity contribution in [3.8, 4) is 37.0 Å². The van der Waals surface area contributed by atoms with E-state index in [0.29, 0.717) is 27.7 Å². The molecule has 0 spiro atoms. The largest absolute Gasteiger partial charge is 0.480 e. The van der Waals surface area contributed by atoms with Gasteiger partial charge in [-0.05, 0) is 68.3 Å². The van der Waals surface area contributed by atoms with Gasteiger partial charge >= 0.3 is 11.9 Å². The summed E-state index contributed by atoms with van der Waals surface area (Å²) in [5, 5.41) is 31.8. The van der Waals surface area contributed by atoms with Gasteiger partial charge in [0.1, 0.15) is 17.6 Å². The van der Waals surface area contributed by atoms with Gasteiger partial charge in [0.05, 0.1) is 4.92 Å². The van der Waals surface area contributed by atoms with Crippen LogP contribution >= 0.6 is 0 Å². The molecule has 2 atom stereocenters. The van der Waals surface area contributed by atoms with Crippen molar-refractivity contribution in [2.75, 3.05) is 0 Å². The summed E-state index contributed by atoms with van der Waals surface area (Å²) in [6.45, 7) is 5.79. The molecule has 6 N–H and O–H groups in total. The molecule has 0 aliphatic heterocycles. The van der Waals surface area contributed by atoms with Crippen LogP contribution in [0.2, 0.25) is 0 Å². The van der Waals surface area contributed by atoms with Crippen LogP contribution in [0, 0.1) is 67.9 Å². The molecule has 0 aliphatic carbocycles. The molecule has 0 amide bonds. The first-order valence-corrected chi connectivity index (χ1v) is 16.7. The molecule has 3 aromatic carbocycles. The van der Waals surface area contributed by atoms with E-state index in [1.807, 2.05) is 48.9 Å². The fourth-order valence-electron chi connectivity index (χ4n) is 6.60. The molecule has 0 saturated heterocycles. The Morgan fingerprint density at radius 3 is 1.74 bits per heavy atom. The number of hydrogen-bond donors (Lipinski definition) is 4. The van der Waals surface area contributed by atoms with E-state index in [-0.39, 0.29) is 18.5 Å². The van der Waals surface area contributed by atoms with Crippen LogP contribution in [0.25, 0.3) is 32.7 Å². The topological polar surface area (TPSA) is 185 Å². The molecule has 3 heterocycles. The lowest BCUT2D eigenvalue weighted by molar-refractivity contribution is -0.383. The molecule has 0 fully saturated rings. The molecular weight excluding hydrogens is 684 g/mol. The number of benzene rings is 3. The molecule has 0 aliphatic rings. The lowest BCUT2D eigenvalue weighted by atomic mass is 9.99. The summed E-state index contributed by atoms with van der Waals surface area (Å²) in [5.41, 5.74) is 20.5. The van der Waals surface area contributed by atoms with Gasteiger partial charge in [-0.3, -0.25) is 19.7 Å². The second-order valence-electron chi connectivity index (χ2n) is 12.9. The van der Waals surface area contributed by atoms with Crippen molar-refractivity contribution in [1.29, 1.82) is 0 Å². The Balaban J connectivity index is 0.000000186. The SMILES string of the molecule is C#Cc1ccc([N+](=O)[O-])c2c1c(CC(N)C(=O)O)c(C)n2C.C#Cc1cccc2c1c(CC(N)C(=O)O)c(C)n2C.C#Cc1cccc2c1cc(C)n2C. The van der Waals surface area contributed by atoms with E-state index in [1.165, 1.54) is 28.7 Å². The van der Waals surface area contributed by atoms with Gasteiger partial charge in [0, 0.05) is 101 Å². The first-order valence-electron chi connectivity index (χ1n) is 16.7. The van der Waals surface area contributed by atoms with E-state index >= 15 is 0 Å². The second kappa shape index (κ2) is 16.3. The van der Waals surface area contributed by atoms with Gasteiger partial charge < -0.3 is 35.4 Å². The number of aryl methyl sites for hydroxylation is 4. The number of aromatic nitrogens is 3. The number of nitrogens with zero attached hydrogens (tertiary/aromatic N) is 4. The van der Waals surface area contributed by atoms with Crippen LogP contribution in [0.15, 0.2) is 54.6 Å². The smallest absolute Gasteiger partial charge is 0.320 e. The number of nitrogens with two attached hydrogens (primary N) is 2. The molecule has 0 saturated carbocycles. The summed E-state index contributed by atoms with van der Waals surface area (Å²) in [6.07, 6.45) is 16.8. The number of nitro groups is 1. The molecule has 6 aromatic rings. The quantitative estimate of drug-likeness (QED) is 0.0980. The zero-order valence-corrected chi connectivity index (χ0v) is 31.0. The van der Waals surface area contributed by atoms with E-state index in [1.54, 1.807) is 18.5 Å². The number of hydrogen-bond acceptors (Lipinski definition) is 6. The fraction of sp³-hybridized carbons (Fsp3) is 0.238. The molecule has 3 aromatic heterocycles. The van der Waals surface area contributed by atoms with Crippen molar-refractivity contribution in [3.05, 3.63) is 110 Å². The van der Waals surface area contributed by atoms with Crippen molar-refractivity contribution in [2.24, 2.45) is 32.6 Å². The van der Waals surface area contributed by atoms with Crippen molar-refractivity contribution >= 4 is 50.3 Å². The molecule has 0 radical (unpaired) electrons. The normalized spacial score (nSPS) is 11.7. The Morgan fingerprint density at radius 2 is 1.22 bits per heavy atom. The maximum absolute atomic E-state index is 11.2. The van der Waals surface area contributed by atoms with E-state index in [4.69, 9.17) is 41.0 Å². The Morgan fingerprint density at radius 1 is 0.741 bits per heavy atom. The molecule has 276 valence electrons. The van der Waals surface area contributed by atoms with Crippen LogP contribution in [-0.2, 0) is 43.6 Å². The molecular formula is C42H42N6O6. The maximum atomic E-state index is 11.2. The average Bonchev–Trinajstić information content (AvgIpc) is 3.69. The third-order valence-electron chi connectivity index (χ3n) is 9.85. The fourth-order valence-corrected chi connectivity index (χ4v) is 6.60. The van der Waals surface area contributed by atoms with Crippen molar-refractivity contribution in [1.82, 2.24) is 13.7 Å². The highest BCUT2D eigenvalue weighted by Gasteiger charge is 2.26. The number of carboxylic acid groups (broad SMARTS) is 2. The van der Waals surface area contributed by atoms with E-state index in [2.05, 4.69) is 48.4 Å². The first kappa shape index (κ1) is 40.0. The van der Waals surface area contributed by atoms with Gasteiger partial charge in [0.2, 0.25) is 0 Å². The van der Waals surface area contributed by atoms with Gasteiger partial charge in [-0.1, -0.05) is 29.9 Å². The molecule has 6 rings (SSSR count). The molecule has 12 heteroatoms. The average molecular weight is 727 g/mol. The summed E-state index contributed by atoms with van der Waals surface area (Å²) < 4.78 is 5.81. The van der Waals surface area contributed by atoms with Crippen molar-refractivity contribution in [3.63, 3.8) is 0 Å². The highest BCUT2D eigenvalue weighted by Crippen LogP contribution is 2.35. The van der Waals surface area contributed by atoms with Gasteiger partial charge in [-0.15, -0.1) is 19.3 Å². The number of aliphatic carboxylic acids is 2. The lowest BCUT2D eigenvalue weighted by Gasteiger charge is -2.07. The maximum Gasteiger partial charge on any atom is 0.320 e. The molecule has 0 bridgehead atoms.